The maximum absolute atomic E-state index is 11.0. The van der Waals surface area contributed by atoms with E-state index in [1.54, 1.807) is 6.92 Å². The Morgan fingerprint density at radius 2 is 1.52 bits per heavy atom. The van der Waals surface area contributed by atoms with E-state index in [9.17, 15) is 4.79 Å². The van der Waals surface area contributed by atoms with Gasteiger partial charge in [0.1, 0.15) is 0 Å². The quantitative estimate of drug-likeness (QED) is 0.163. The van der Waals surface area contributed by atoms with Gasteiger partial charge in [-0.3, -0.25) is 4.79 Å². The van der Waals surface area contributed by atoms with Gasteiger partial charge in [0.25, 0.3) is 0 Å². The fourth-order valence-electron chi connectivity index (χ4n) is 4.31. The number of hydroxylamine groups is 1. The number of thioether (sulfide) groups is 1. The molecule has 0 saturated carbocycles. The van der Waals surface area contributed by atoms with Crippen molar-refractivity contribution in [2.24, 2.45) is 5.92 Å². The number of nitrogens with one attached hydrogen (secondary N) is 1. The summed E-state index contributed by atoms with van der Waals surface area (Å²) >= 11 is 1.40. The number of hydrogen-bond donors (Lipinski definition) is 1. The Balaban J connectivity index is 1.95. The summed E-state index contributed by atoms with van der Waals surface area (Å²) in [5.41, 5.74) is 3.24. The van der Waals surface area contributed by atoms with E-state index in [1.807, 2.05) is 0 Å². The lowest BCUT2D eigenvalue weighted by atomic mass is 9.97. The van der Waals surface area contributed by atoms with E-state index in [0.717, 1.165) is 37.8 Å². The second-order valence-electron chi connectivity index (χ2n) is 9.56. The van der Waals surface area contributed by atoms with Crippen LogP contribution in [0.2, 0.25) is 12.6 Å². The van der Waals surface area contributed by atoms with Crippen LogP contribution in [0.3, 0.4) is 0 Å². The van der Waals surface area contributed by atoms with Crippen LogP contribution >= 0.6 is 11.8 Å². The van der Waals surface area contributed by atoms with Crippen LogP contribution in [-0.4, -0.2) is 32.6 Å². The molecule has 2 unspecified atom stereocenters. The van der Waals surface area contributed by atoms with Crippen LogP contribution in [0.25, 0.3) is 0 Å². The summed E-state index contributed by atoms with van der Waals surface area (Å²) in [7, 11) is -2.13. The summed E-state index contributed by atoms with van der Waals surface area (Å²) in [6.07, 6.45) is 21.8. The van der Waals surface area contributed by atoms with Crippen molar-refractivity contribution in [1.82, 2.24) is 5.48 Å². The van der Waals surface area contributed by atoms with E-state index in [0.29, 0.717) is 5.92 Å². The van der Waals surface area contributed by atoms with E-state index in [4.69, 9.17) is 8.95 Å². The molecule has 0 aromatic carbocycles. The van der Waals surface area contributed by atoms with Crippen molar-refractivity contribution >= 4 is 25.4 Å². The SMILES string of the molecule is CCCCCCCCCCCCCCCC1CCO[Si](C)(CCCSC(C)=O)ONC1. The van der Waals surface area contributed by atoms with Crippen LogP contribution in [0.4, 0.5) is 0 Å². The lowest BCUT2D eigenvalue weighted by Gasteiger charge is -2.31. The van der Waals surface area contributed by atoms with Crippen molar-refractivity contribution in [2.75, 3.05) is 18.9 Å². The number of carbonyl (C=O) groups excluding carboxylic acids is 1. The Labute approximate surface area is 198 Å². The first-order valence-corrected chi connectivity index (χ1v) is 16.7. The summed E-state index contributed by atoms with van der Waals surface area (Å²) in [6.45, 7) is 7.84. The predicted octanol–water partition coefficient (Wildman–Crippen LogP) is 7.77. The Bertz CT molecular complexity index is 429. The fraction of sp³-hybridized carbons (Fsp3) is 0.960. The third kappa shape index (κ3) is 17.3. The Morgan fingerprint density at radius 1 is 0.935 bits per heavy atom. The van der Waals surface area contributed by atoms with Crippen LogP contribution in [-0.2, 0) is 13.7 Å². The molecule has 0 radical (unpaired) electrons. The molecule has 0 amide bonds. The van der Waals surface area contributed by atoms with Crippen LogP contribution in [0.1, 0.15) is 117 Å². The van der Waals surface area contributed by atoms with Gasteiger partial charge in [-0.1, -0.05) is 102 Å². The summed E-state index contributed by atoms with van der Waals surface area (Å²) < 4.78 is 12.2. The van der Waals surface area contributed by atoms with Gasteiger partial charge in [-0.15, -0.1) is 0 Å². The largest absolute Gasteiger partial charge is 0.394 e. The van der Waals surface area contributed by atoms with Gasteiger partial charge < -0.3 is 8.95 Å². The molecular weight excluding hydrogens is 422 g/mol. The number of unbranched alkanes of at least 4 members (excludes halogenated alkanes) is 12. The average molecular weight is 474 g/mol. The molecule has 31 heavy (non-hydrogen) atoms. The van der Waals surface area contributed by atoms with Crippen LogP contribution in [0.5, 0.6) is 0 Å². The first kappa shape index (κ1) is 29.1. The van der Waals surface area contributed by atoms with Crippen molar-refractivity contribution in [3.8, 4) is 0 Å². The topological polar surface area (TPSA) is 47.6 Å². The minimum Gasteiger partial charge on any atom is -0.394 e. The number of hydrogen-bond acceptors (Lipinski definition) is 5. The average Bonchev–Trinajstić information content (AvgIpc) is 2.72. The van der Waals surface area contributed by atoms with Crippen LogP contribution in [0, 0.1) is 5.92 Å². The van der Waals surface area contributed by atoms with Gasteiger partial charge in [0.05, 0.1) is 0 Å². The minimum atomic E-state index is -2.13. The highest BCUT2D eigenvalue weighted by Crippen LogP contribution is 2.22. The van der Waals surface area contributed by atoms with Gasteiger partial charge in [-0.2, -0.15) is 0 Å². The molecule has 1 rings (SSSR count). The van der Waals surface area contributed by atoms with Crippen molar-refractivity contribution < 1.29 is 13.7 Å². The monoisotopic (exact) mass is 473 g/mol. The highest BCUT2D eigenvalue weighted by molar-refractivity contribution is 8.13. The smallest absolute Gasteiger partial charge is 0.355 e. The second kappa shape index (κ2) is 19.6. The molecule has 6 heteroatoms. The van der Waals surface area contributed by atoms with Gasteiger partial charge >= 0.3 is 8.56 Å². The minimum absolute atomic E-state index is 0.195. The lowest BCUT2D eigenvalue weighted by molar-refractivity contribution is -0.109. The summed E-state index contributed by atoms with van der Waals surface area (Å²) in [4.78, 5) is 11.0. The van der Waals surface area contributed by atoms with Crippen molar-refractivity contribution in [3.05, 3.63) is 0 Å². The van der Waals surface area contributed by atoms with E-state index in [2.05, 4.69) is 19.0 Å². The first-order valence-electron chi connectivity index (χ1n) is 13.2. The first-order chi connectivity index (χ1) is 15.1. The zero-order valence-electron chi connectivity index (χ0n) is 20.9. The Hall–Kier alpha value is 0.117. The normalized spacial score (nSPS) is 22.2. The number of rotatable bonds is 18. The summed E-state index contributed by atoms with van der Waals surface area (Å²) in [5, 5.41) is 0.195. The summed E-state index contributed by atoms with van der Waals surface area (Å²) in [6, 6.07) is 0.948. The van der Waals surface area contributed by atoms with Gasteiger partial charge in [-0.05, 0) is 37.8 Å². The molecule has 0 spiro atoms. The third-order valence-electron chi connectivity index (χ3n) is 6.39. The van der Waals surface area contributed by atoms with E-state index < -0.39 is 8.56 Å². The zero-order valence-corrected chi connectivity index (χ0v) is 22.7. The van der Waals surface area contributed by atoms with Crippen molar-refractivity contribution in [3.63, 3.8) is 0 Å². The van der Waals surface area contributed by atoms with E-state index in [-0.39, 0.29) is 5.12 Å². The maximum Gasteiger partial charge on any atom is 0.355 e. The van der Waals surface area contributed by atoms with Crippen molar-refractivity contribution in [1.29, 1.82) is 0 Å². The second-order valence-corrected chi connectivity index (χ2v) is 14.1. The Kier molecular flexibility index (Phi) is 18.4. The van der Waals surface area contributed by atoms with Crippen molar-refractivity contribution in [2.45, 2.75) is 129 Å². The van der Waals surface area contributed by atoms with Gasteiger partial charge in [0, 0.05) is 25.8 Å². The molecule has 0 aliphatic carbocycles. The molecule has 1 N–H and O–H groups in total. The highest BCUT2D eigenvalue weighted by Gasteiger charge is 2.33. The molecule has 0 bridgehead atoms. The van der Waals surface area contributed by atoms with Crippen LogP contribution < -0.4 is 5.48 Å². The molecule has 4 nitrogen and oxygen atoms in total. The lowest BCUT2D eigenvalue weighted by Crippen LogP contribution is -2.47. The van der Waals surface area contributed by atoms with Gasteiger partial charge in [-0.25, -0.2) is 5.48 Å². The van der Waals surface area contributed by atoms with E-state index >= 15 is 0 Å². The highest BCUT2D eigenvalue weighted by atomic mass is 32.2. The van der Waals surface area contributed by atoms with E-state index in [1.165, 1.54) is 102 Å². The standard InChI is InChI=1S/C25H51NO3SSi/c1-4-5-6-7-8-9-10-11-12-13-14-15-16-18-25-19-20-28-31(3,29-26-23-25)22-17-21-30-24(2)27/h25-26H,4-23H2,1-3H3. The third-order valence-corrected chi connectivity index (χ3v) is 9.94. The van der Waals surface area contributed by atoms with Crippen LogP contribution in [0.15, 0.2) is 0 Å². The molecule has 1 heterocycles. The molecule has 1 saturated heterocycles. The van der Waals surface area contributed by atoms with Gasteiger partial charge in [0.15, 0.2) is 5.12 Å². The molecule has 1 aliphatic rings. The molecule has 0 aromatic heterocycles. The molecule has 1 aliphatic heterocycles. The molecule has 1 fully saturated rings. The Morgan fingerprint density at radius 3 is 2.10 bits per heavy atom. The molecule has 0 aromatic rings. The molecule has 184 valence electrons. The maximum atomic E-state index is 11.0. The zero-order chi connectivity index (χ0) is 22.6. The number of carbonyl (C=O) groups is 1. The fourth-order valence-corrected chi connectivity index (χ4v) is 7.21. The summed E-state index contributed by atoms with van der Waals surface area (Å²) in [5.74, 6) is 1.53. The molecular formula is C25H51NO3SSi. The predicted molar refractivity (Wildman–Crippen MR) is 138 cm³/mol. The van der Waals surface area contributed by atoms with Gasteiger partial charge in [0.2, 0.25) is 0 Å². The molecule has 2 atom stereocenters.